The number of nitrogens with zero attached hydrogens (tertiary/aromatic N) is 6. The molecule has 1 aromatic carbocycles. The maximum absolute atomic E-state index is 14.9. The Balaban J connectivity index is 1.40. The highest BCUT2D eigenvalue weighted by Crippen LogP contribution is 2.36. The van der Waals surface area contributed by atoms with E-state index in [0.29, 0.717) is 0 Å². The van der Waals surface area contributed by atoms with Crippen molar-refractivity contribution in [2.45, 2.75) is 6.54 Å². The van der Waals surface area contributed by atoms with E-state index in [1.54, 1.807) is 30.7 Å². The molecular weight excluding hydrogens is 419 g/mol. The van der Waals surface area contributed by atoms with Crippen molar-refractivity contribution < 1.29 is 4.39 Å². The monoisotopic (exact) mass is 442 g/mol. The van der Waals surface area contributed by atoms with Gasteiger partial charge < -0.3 is 20.1 Å². The lowest BCUT2D eigenvalue weighted by molar-refractivity contribution is 0.585. The van der Waals surface area contributed by atoms with Gasteiger partial charge in [0.25, 0.3) is 5.62 Å². The van der Waals surface area contributed by atoms with E-state index < -0.39 is 0 Å². The Bertz CT molecular complexity index is 1340. The fourth-order valence-corrected chi connectivity index (χ4v) is 4.48. The van der Waals surface area contributed by atoms with Gasteiger partial charge in [-0.15, -0.1) is 0 Å². The van der Waals surface area contributed by atoms with Crippen molar-refractivity contribution in [3.8, 4) is 22.5 Å². The summed E-state index contributed by atoms with van der Waals surface area (Å²) >= 11 is 0. The Hall–Kier alpha value is -3.85. The minimum atomic E-state index is -0.373. The van der Waals surface area contributed by atoms with Crippen LogP contribution in [-0.4, -0.2) is 52.2 Å². The molecule has 5 heterocycles. The van der Waals surface area contributed by atoms with Crippen LogP contribution in [0.3, 0.4) is 0 Å². The van der Waals surface area contributed by atoms with E-state index in [4.69, 9.17) is 0 Å². The normalized spacial score (nSPS) is 16.2. The molecule has 166 valence electrons. The summed E-state index contributed by atoms with van der Waals surface area (Å²) in [5, 5.41) is 6.77. The third kappa shape index (κ3) is 3.70. The average Bonchev–Trinajstić information content (AvgIpc) is 3.36. The van der Waals surface area contributed by atoms with Gasteiger partial charge in [0.15, 0.2) is 5.82 Å². The number of benzene rings is 1. The van der Waals surface area contributed by atoms with Gasteiger partial charge in [-0.3, -0.25) is 4.98 Å². The quantitative estimate of drug-likeness (QED) is 0.508. The number of anilines is 2. The Morgan fingerprint density at radius 1 is 0.939 bits per heavy atom. The van der Waals surface area contributed by atoms with Gasteiger partial charge in [-0.1, -0.05) is 0 Å². The van der Waals surface area contributed by atoms with E-state index in [1.165, 1.54) is 0 Å². The molecule has 1 aromatic heterocycles. The van der Waals surface area contributed by atoms with E-state index in [0.717, 1.165) is 73.3 Å². The first-order valence-corrected chi connectivity index (χ1v) is 11.1. The van der Waals surface area contributed by atoms with Crippen molar-refractivity contribution >= 4 is 17.2 Å². The molecule has 0 radical (unpaired) electrons. The van der Waals surface area contributed by atoms with E-state index in [2.05, 4.69) is 46.1 Å². The maximum atomic E-state index is 14.9. The van der Waals surface area contributed by atoms with Crippen LogP contribution < -0.4 is 21.2 Å². The zero-order chi connectivity index (χ0) is 22.2. The first-order chi connectivity index (χ1) is 16.3. The summed E-state index contributed by atoms with van der Waals surface area (Å²) in [7, 11) is 0. The molecule has 8 nitrogen and oxygen atoms in total. The number of piperazine rings is 1. The molecule has 2 aromatic rings. The Morgan fingerprint density at radius 3 is 2.61 bits per heavy atom. The smallest absolute Gasteiger partial charge is 0.251 e. The van der Waals surface area contributed by atoms with Crippen molar-refractivity contribution in [1.82, 2.24) is 24.8 Å². The molecule has 0 bridgehead atoms. The van der Waals surface area contributed by atoms with E-state index in [-0.39, 0.29) is 17.1 Å². The van der Waals surface area contributed by atoms with Crippen molar-refractivity contribution in [2.24, 2.45) is 4.99 Å². The molecule has 4 aliphatic heterocycles. The van der Waals surface area contributed by atoms with Crippen LogP contribution in [0.4, 0.5) is 21.6 Å². The van der Waals surface area contributed by atoms with Crippen LogP contribution in [-0.2, 0) is 6.54 Å². The average molecular weight is 443 g/mol. The maximum Gasteiger partial charge on any atom is 0.251 e. The number of pyridine rings is 2. The lowest BCUT2D eigenvalue weighted by Gasteiger charge is -2.29. The molecule has 33 heavy (non-hydrogen) atoms. The van der Waals surface area contributed by atoms with Crippen molar-refractivity contribution in [1.29, 1.82) is 0 Å². The number of fused-ring (bicyclic) bond motifs is 3. The van der Waals surface area contributed by atoms with Crippen LogP contribution in [0.2, 0.25) is 0 Å². The van der Waals surface area contributed by atoms with Crippen LogP contribution in [0, 0.1) is 5.82 Å². The summed E-state index contributed by atoms with van der Waals surface area (Å²) in [6.45, 7) is 5.13. The Kier molecular flexibility index (Phi) is 4.95. The summed E-state index contributed by atoms with van der Waals surface area (Å²) < 4.78 is 17.0. The summed E-state index contributed by atoms with van der Waals surface area (Å²) in [6, 6.07) is 11.2. The van der Waals surface area contributed by atoms with Gasteiger partial charge in [0, 0.05) is 74.7 Å². The molecular formula is C24H23FN8. The van der Waals surface area contributed by atoms with Crippen molar-refractivity contribution in [3.63, 3.8) is 0 Å². The zero-order valence-corrected chi connectivity index (χ0v) is 18.0. The second-order valence-corrected chi connectivity index (χ2v) is 8.15. The second-order valence-electron chi connectivity index (χ2n) is 8.15. The molecule has 0 saturated carbocycles. The summed E-state index contributed by atoms with van der Waals surface area (Å²) in [5.41, 5.74) is 4.41. The molecule has 0 unspecified atom stereocenters. The van der Waals surface area contributed by atoms with Gasteiger partial charge in [-0.2, -0.15) is 4.98 Å². The van der Waals surface area contributed by atoms with Gasteiger partial charge in [0.05, 0.1) is 0 Å². The van der Waals surface area contributed by atoms with E-state index in [9.17, 15) is 4.39 Å². The van der Waals surface area contributed by atoms with Crippen molar-refractivity contribution in [2.75, 3.05) is 42.9 Å². The number of rotatable bonds is 3. The first kappa shape index (κ1) is 19.8. The topological polar surface area (TPSA) is 83.3 Å². The summed E-state index contributed by atoms with van der Waals surface area (Å²) in [4.78, 5) is 19.8. The van der Waals surface area contributed by atoms with Gasteiger partial charge >= 0.3 is 0 Å². The molecule has 0 amide bonds. The predicted molar refractivity (Wildman–Crippen MR) is 125 cm³/mol. The standard InChI is InChI=1S/C24H23FN8/c25-20-14-18(32-10-7-27-8-11-32)1-2-21(20)30-24-29-15-17-13-19(16-3-5-26-6-4-16)23-28-9-12-33(23)22(17)31-24/h1-6,13-15,27-28H,7-12H2. The largest absolute Gasteiger partial charge is 0.369 e. The molecule has 9 heteroatoms. The third-order valence-electron chi connectivity index (χ3n) is 6.12. The first-order valence-electron chi connectivity index (χ1n) is 11.1. The van der Waals surface area contributed by atoms with Gasteiger partial charge in [0.1, 0.15) is 17.3 Å². The minimum Gasteiger partial charge on any atom is -0.369 e. The van der Waals surface area contributed by atoms with Crippen molar-refractivity contribution in [3.05, 3.63) is 66.4 Å². The van der Waals surface area contributed by atoms with Gasteiger partial charge in [-0.25, -0.2) is 14.4 Å². The highest BCUT2D eigenvalue weighted by molar-refractivity contribution is 5.82. The van der Waals surface area contributed by atoms with Gasteiger partial charge in [-0.05, 0) is 42.0 Å². The predicted octanol–water partition coefficient (Wildman–Crippen LogP) is 2.65. The molecule has 0 aliphatic carbocycles. The van der Waals surface area contributed by atoms with Crippen LogP contribution in [0.25, 0.3) is 22.5 Å². The summed E-state index contributed by atoms with van der Waals surface area (Å²) in [5.74, 6) is 1.41. The second kappa shape index (κ2) is 8.25. The highest BCUT2D eigenvalue weighted by Gasteiger charge is 2.22. The van der Waals surface area contributed by atoms with Crippen LogP contribution in [0.15, 0.2) is 60.0 Å². The number of hydrogen-bond donors (Lipinski definition) is 2. The lowest BCUT2D eigenvalue weighted by Crippen LogP contribution is -2.43. The molecule has 4 aliphatic rings. The third-order valence-corrected chi connectivity index (χ3v) is 6.12. The zero-order valence-electron chi connectivity index (χ0n) is 18.0. The van der Waals surface area contributed by atoms with Crippen LogP contribution in [0.5, 0.6) is 0 Å². The van der Waals surface area contributed by atoms with E-state index >= 15 is 0 Å². The molecule has 6 rings (SSSR count). The number of halogens is 1. The molecule has 0 spiro atoms. The summed E-state index contributed by atoms with van der Waals surface area (Å²) in [6.07, 6.45) is 5.32. The lowest BCUT2D eigenvalue weighted by atomic mass is 10.0. The minimum absolute atomic E-state index is 0.237. The Morgan fingerprint density at radius 2 is 1.79 bits per heavy atom. The molecule has 1 fully saturated rings. The molecule has 1 saturated heterocycles. The number of nitrogens with one attached hydrogen (secondary N) is 2. The van der Waals surface area contributed by atoms with E-state index in [1.807, 2.05) is 18.2 Å². The highest BCUT2D eigenvalue weighted by atomic mass is 19.1. The fraction of sp³-hybridized carbons (Fsp3) is 0.250. The fourth-order valence-electron chi connectivity index (χ4n) is 4.48. The SMILES string of the molecule is Fc1cc(N2CCNCC2)ccc1N=c1ncc2cc(-c3ccncc3)c3n(c-2n1)CCN3. The number of aromatic nitrogens is 4. The van der Waals surface area contributed by atoms with Gasteiger partial charge in [0.2, 0.25) is 0 Å². The molecule has 2 N–H and O–H groups in total. The molecule has 0 atom stereocenters. The van der Waals surface area contributed by atoms with Crippen LogP contribution >= 0.6 is 0 Å². The Labute approximate surface area is 190 Å². The van der Waals surface area contributed by atoms with Crippen LogP contribution in [0.1, 0.15) is 0 Å². The number of hydrogen-bond acceptors (Lipinski definition) is 7.